The van der Waals surface area contributed by atoms with Gasteiger partial charge < -0.3 is 5.32 Å². The Hall–Kier alpha value is -4.04. The third-order valence-electron chi connectivity index (χ3n) is 5.96. The van der Waals surface area contributed by atoms with Crippen LogP contribution in [-0.2, 0) is 24.3 Å². The van der Waals surface area contributed by atoms with Crippen LogP contribution in [0, 0.1) is 0 Å². The maximum Gasteiger partial charge on any atom is 0.264 e. The summed E-state index contributed by atoms with van der Waals surface area (Å²) in [5.74, 6) is -0.0660. The highest BCUT2D eigenvalue weighted by Gasteiger charge is 2.11. The first-order chi connectivity index (χ1) is 17.6. The third kappa shape index (κ3) is 5.44. The summed E-state index contributed by atoms with van der Waals surface area (Å²) < 4.78 is 4.21. The first kappa shape index (κ1) is 23.7. The molecule has 0 radical (unpaired) electrons. The van der Waals surface area contributed by atoms with Crippen LogP contribution in [0.25, 0.3) is 22.2 Å². The molecule has 0 aliphatic carbocycles. The largest absolute Gasteiger partial charge is 0.354 e. The van der Waals surface area contributed by atoms with Crippen molar-refractivity contribution in [2.75, 3.05) is 6.54 Å². The molecule has 36 heavy (non-hydrogen) atoms. The van der Waals surface area contributed by atoms with Gasteiger partial charge in [0.15, 0.2) is 5.65 Å². The van der Waals surface area contributed by atoms with Crippen LogP contribution in [0.5, 0.6) is 0 Å². The summed E-state index contributed by atoms with van der Waals surface area (Å²) >= 11 is 3.42. The van der Waals surface area contributed by atoms with Crippen LogP contribution in [0.1, 0.15) is 11.1 Å². The van der Waals surface area contributed by atoms with Crippen LogP contribution in [-0.4, -0.2) is 31.8 Å². The Morgan fingerprint density at radius 1 is 0.889 bits per heavy atom. The fourth-order valence-electron chi connectivity index (χ4n) is 4.06. The second kappa shape index (κ2) is 10.7. The summed E-state index contributed by atoms with van der Waals surface area (Å²) in [6.07, 6.45) is 3.38. The minimum atomic E-state index is -0.142. The van der Waals surface area contributed by atoms with E-state index in [9.17, 15) is 9.59 Å². The molecule has 0 atom stereocenters. The summed E-state index contributed by atoms with van der Waals surface area (Å²) in [6, 6.07) is 26.0. The normalized spacial score (nSPS) is 11.0. The van der Waals surface area contributed by atoms with Gasteiger partial charge in [0.05, 0.1) is 25.7 Å². The molecule has 8 heteroatoms. The average molecular weight is 542 g/mol. The number of amides is 1. The SMILES string of the molecule is O=C(Cc1ccc(-c2ccccc2)cc1)NCCn1ncc2c(=O)n(Cc3ccc(Br)cc3)cnc21. The number of benzene rings is 3. The summed E-state index contributed by atoms with van der Waals surface area (Å²) in [4.78, 5) is 29.8. The topological polar surface area (TPSA) is 81.8 Å². The molecule has 7 nitrogen and oxygen atoms in total. The maximum absolute atomic E-state index is 12.9. The van der Waals surface area contributed by atoms with Crippen LogP contribution in [0.2, 0.25) is 0 Å². The second-order valence-electron chi connectivity index (χ2n) is 8.50. The number of fused-ring (bicyclic) bond motifs is 1. The Morgan fingerprint density at radius 3 is 2.33 bits per heavy atom. The lowest BCUT2D eigenvalue weighted by molar-refractivity contribution is -0.120. The van der Waals surface area contributed by atoms with Crippen molar-refractivity contribution in [2.24, 2.45) is 0 Å². The second-order valence-corrected chi connectivity index (χ2v) is 9.41. The lowest BCUT2D eigenvalue weighted by atomic mass is 10.0. The number of carbonyl (C=O) groups excluding carboxylic acids is 1. The van der Waals surface area contributed by atoms with Gasteiger partial charge in [-0.15, -0.1) is 0 Å². The maximum atomic E-state index is 12.9. The van der Waals surface area contributed by atoms with Gasteiger partial charge in [-0.1, -0.05) is 82.7 Å². The fourth-order valence-corrected chi connectivity index (χ4v) is 4.32. The molecular weight excluding hydrogens is 518 g/mol. The van der Waals surface area contributed by atoms with E-state index in [-0.39, 0.29) is 11.5 Å². The standard InChI is InChI=1S/C28H24BrN5O2/c29-24-12-8-21(9-13-24)18-33-19-31-27-25(28(33)36)17-32-34(27)15-14-30-26(35)16-20-6-10-23(11-7-20)22-4-2-1-3-5-22/h1-13,17,19H,14-16,18H2,(H,30,35). The van der Waals surface area contributed by atoms with Crippen molar-refractivity contribution in [3.05, 3.63) is 117 Å². The first-order valence-corrected chi connectivity index (χ1v) is 12.4. The molecule has 0 aliphatic rings. The highest BCUT2D eigenvalue weighted by molar-refractivity contribution is 9.10. The summed E-state index contributed by atoms with van der Waals surface area (Å²) in [5.41, 5.74) is 4.59. The Morgan fingerprint density at radius 2 is 1.58 bits per heavy atom. The van der Waals surface area contributed by atoms with E-state index in [4.69, 9.17) is 0 Å². The molecule has 0 spiro atoms. The Labute approximate surface area is 216 Å². The van der Waals surface area contributed by atoms with Gasteiger partial charge in [-0.25, -0.2) is 9.67 Å². The van der Waals surface area contributed by atoms with Crippen molar-refractivity contribution < 1.29 is 4.79 Å². The van der Waals surface area contributed by atoms with Gasteiger partial charge in [0.2, 0.25) is 5.91 Å². The molecule has 1 amide bonds. The molecule has 0 unspecified atom stereocenters. The van der Waals surface area contributed by atoms with Gasteiger partial charge in [-0.05, 0) is 34.4 Å². The van der Waals surface area contributed by atoms with Crippen molar-refractivity contribution in [1.29, 1.82) is 0 Å². The van der Waals surface area contributed by atoms with Gasteiger partial charge in [0, 0.05) is 11.0 Å². The molecule has 2 aromatic heterocycles. The van der Waals surface area contributed by atoms with Gasteiger partial charge in [-0.2, -0.15) is 5.10 Å². The number of hydrogen-bond acceptors (Lipinski definition) is 4. The molecule has 3 aromatic carbocycles. The summed E-state index contributed by atoms with van der Waals surface area (Å²) in [5, 5.41) is 7.71. The molecule has 5 rings (SSSR count). The summed E-state index contributed by atoms with van der Waals surface area (Å²) in [6.45, 7) is 1.25. The smallest absolute Gasteiger partial charge is 0.264 e. The lowest BCUT2D eigenvalue weighted by Crippen LogP contribution is -2.29. The summed E-state index contributed by atoms with van der Waals surface area (Å²) in [7, 11) is 0. The number of aromatic nitrogens is 4. The van der Waals surface area contributed by atoms with Gasteiger partial charge in [0.25, 0.3) is 5.56 Å². The minimum absolute atomic E-state index is 0.0660. The van der Waals surface area contributed by atoms with E-state index in [0.29, 0.717) is 37.1 Å². The van der Waals surface area contributed by atoms with Crippen LogP contribution in [0.15, 0.2) is 101 Å². The molecule has 0 aliphatic heterocycles. The molecule has 0 bridgehead atoms. The van der Waals surface area contributed by atoms with Crippen molar-refractivity contribution in [3.8, 4) is 11.1 Å². The van der Waals surface area contributed by atoms with Crippen LogP contribution in [0.4, 0.5) is 0 Å². The average Bonchev–Trinajstić information content (AvgIpc) is 3.31. The van der Waals surface area contributed by atoms with Crippen molar-refractivity contribution in [1.82, 2.24) is 24.6 Å². The van der Waals surface area contributed by atoms with Gasteiger partial charge in [0.1, 0.15) is 11.7 Å². The number of nitrogens with zero attached hydrogens (tertiary/aromatic N) is 4. The molecule has 5 aromatic rings. The van der Waals surface area contributed by atoms with Crippen LogP contribution >= 0.6 is 15.9 Å². The number of carbonyl (C=O) groups is 1. The zero-order valence-electron chi connectivity index (χ0n) is 19.5. The van der Waals surface area contributed by atoms with E-state index in [1.807, 2.05) is 66.7 Å². The highest BCUT2D eigenvalue weighted by atomic mass is 79.9. The molecule has 0 saturated heterocycles. The molecular formula is C28H24BrN5O2. The molecule has 1 N–H and O–H groups in total. The number of rotatable bonds is 8. The van der Waals surface area contributed by atoms with E-state index in [0.717, 1.165) is 26.7 Å². The van der Waals surface area contributed by atoms with Crippen LogP contribution in [0.3, 0.4) is 0 Å². The Kier molecular flexibility index (Phi) is 7.04. The Balaban J connectivity index is 1.17. The predicted molar refractivity (Wildman–Crippen MR) is 144 cm³/mol. The predicted octanol–water partition coefficient (Wildman–Crippen LogP) is 4.43. The quantitative estimate of drug-likeness (QED) is 0.315. The van der Waals surface area contributed by atoms with Gasteiger partial charge in [-0.3, -0.25) is 14.2 Å². The minimum Gasteiger partial charge on any atom is -0.354 e. The number of halogens is 1. The number of hydrogen-bond donors (Lipinski definition) is 1. The number of nitrogens with one attached hydrogen (secondary N) is 1. The van der Waals surface area contributed by atoms with Crippen molar-refractivity contribution in [3.63, 3.8) is 0 Å². The third-order valence-corrected chi connectivity index (χ3v) is 6.49. The van der Waals surface area contributed by atoms with E-state index >= 15 is 0 Å². The fraction of sp³-hybridized carbons (Fsp3) is 0.143. The first-order valence-electron chi connectivity index (χ1n) is 11.6. The molecule has 0 saturated carbocycles. The lowest BCUT2D eigenvalue weighted by Gasteiger charge is -2.08. The zero-order chi connectivity index (χ0) is 24.9. The van der Waals surface area contributed by atoms with Gasteiger partial charge >= 0.3 is 0 Å². The monoisotopic (exact) mass is 541 g/mol. The molecule has 180 valence electrons. The van der Waals surface area contributed by atoms with E-state index in [2.05, 4.69) is 43.5 Å². The highest BCUT2D eigenvalue weighted by Crippen LogP contribution is 2.19. The van der Waals surface area contributed by atoms with Crippen molar-refractivity contribution in [2.45, 2.75) is 19.5 Å². The van der Waals surface area contributed by atoms with Crippen molar-refractivity contribution >= 4 is 32.9 Å². The van der Waals surface area contributed by atoms with E-state index in [1.165, 1.54) is 0 Å². The zero-order valence-corrected chi connectivity index (χ0v) is 21.1. The van der Waals surface area contributed by atoms with Crippen LogP contribution < -0.4 is 10.9 Å². The molecule has 2 heterocycles. The van der Waals surface area contributed by atoms with E-state index in [1.54, 1.807) is 21.8 Å². The Bertz CT molecular complexity index is 1540. The van der Waals surface area contributed by atoms with E-state index < -0.39 is 0 Å². The molecule has 0 fully saturated rings.